The maximum Gasteiger partial charge on any atom is 0.340 e. The highest BCUT2D eigenvalue weighted by atomic mass is 32.1. The van der Waals surface area contributed by atoms with Crippen LogP contribution in [0.4, 0.5) is 11.4 Å². The number of nitrogens with one attached hydrogen (secondary N) is 1. The fraction of sp³-hybridized carbons (Fsp3) is 0.263. The molecule has 134 valence electrons. The first kappa shape index (κ1) is 18.0. The number of morpholine rings is 1. The maximum atomic E-state index is 12.2. The number of anilines is 2. The van der Waals surface area contributed by atoms with E-state index in [4.69, 9.17) is 9.47 Å². The zero-order valence-corrected chi connectivity index (χ0v) is 15.1. The Hall–Kier alpha value is -2.82. The number of thiophene rings is 1. The number of ether oxygens (including phenoxy) is 2. The van der Waals surface area contributed by atoms with Crippen LogP contribution in [-0.4, -0.2) is 45.3 Å². The van der Waals surface area contributed by atoms with Crippen LogP contribution in [0.5, 0.6) is 0 Å². The van der Waals surface area contributed by atoms with Gasteiger partial charge in [-0.25, -0.2) is 4.79 Å². The first-order chi connectivity index (χ1) is 12.7. The largest absolute Gasteiger partial charge is 0.465 e. The van der Waals surface area contributed by atoms with Crippen molar-refractivity contribution in [3.05, 3.63) is 46.2 Å². The van der Waals surface area contributed by atoms with Gasteiger partial charge in [0.2, 0.25) is 0 Å². The Bertz CT molecular complexity index is 846. The topological polar surface area (TPSA) is 67.9 Å². The molecule has 2 heterocycles. The summed E-state index contributed by atoms with van der Waals surface area (Å²) in [6.07, 6.45) is 0. The molecular formula is C19H18N2O4S. The number of carbonyl (C=O) groups excluding carboxylic acids is 2. The summed E-state index contributed by atoms with van der Waals surface area (Å²) >= 11 is 1.47. The molecule has 1 fully saturated rings. The fourth-order valence-corrected chi connectivity index (χ4v) is 3.17. The van der Waals surface area contributed by atoms with Crippen LogP contribution in [0.25, 0.3) is 0 Å². The summed E-state index contributed by atoms with van der Waals surface area (Å²) in [4.78, 5) is 27.1. The molecule has 0 unspecified atom stereocenters. The third-order valence-corrected chi connectivity index (χ3v) is 4.62. The number of rotatable bonds is 3. The van der Waals surface area contributed by atoms with Gasteiger partial charge in [0, 0.05) is 24.7 Å². The molecule has 0 radical (unpaired) electrons. The lowest BCUT2D eigenvalue weighted by molar-refractivity contribution is -0.111. The van der Waals surface area contributed by atoms with Gasteiger partial charge < -0.3 is 19.7 Å². The van der Waals surface area contributed by atoms with Gasteiger partial charge in [0.15, 0.2) is 0 Å². The van der Waals surface area contributed by atoms with Crippen molar-refractivity contribution in [1.82, 2.24) is 0 Å². The number of hydrogen-bond acceptors (Lipinski definition) is 6. The molecule has 1 N–H and O–H groups in total. The molecule has 1 aliphatic rings. The first-order valence-electron chi connectivity index (χ1n) is 8.09. The van der Waals surface area contributed by atoms with E-state index in [9.17, 15) is 9.59 Å². The molecule has 2 aromatic rings. The van der Waals surface area contributed by atoms with Gasteiger partial charge in [-0.3, -0.25) is 4.79 Å². The third-order valence-electron chi connectivity index (χ3n) is 3.83. The normalized spacial score (nSPS) is 13.5. The van der Waals surface area contributed by atoms with E-state index in [2.05, 4.69) is 22.1 Å². The summed E-state index contributed by atoms with van der Waals surface area (Å²) < 4.78 is 10.2. The van der Waals surface area contributed by atoms with Crippen LogP contribution in [0.3, 0.4) is 0 Å². The van der Waals surface area contributed by atoms with Gasteiger partial charge in [0.05, 0.1) is 36.5 Å². The standard InChI is InChI=1S/C19H18N2O4S/c1-24-19(23)16-13-14(4-6-17(16)21-8-10-25-11-9-21)20-18(22)7-5-15-3-2-12-26-15/h2-4,6,12-13H,8-11H2,1H3,(H,20,22). The molecule has 0 aliphatic carbocycles. The Balaban J connectivity index is 1.79. The van der Waals surface area contributed by atoms with Crippen molar-refractivity contribution in [3.63, 3.8) is 0 Å². The Morgan fingerprint density at radius 2 is 2.08 bits per heavy atom. The number of carbonyl (C=O) groups is 2. The first-order valence-corrected chi connectivity index (χ1v) is 8.97. The minimum absolute atomic E-state index is 0.401. The van der Waals surface area contributed by atoms with E-state index >= 15 is 0 Å². The molecule has 1 aliphatic heterocycles. The summed E-state index contributed by atoms with van der Waals surface area (Å²) in [7, 11) is 1.34. The average molecular weight is 370 g/mol. The minimum Gasteiger partial charge on any atom is -0.465 e. The minimum atomic E-state index is -0.452. The van der Waals surface area contributed by atoms with Crippen LogP contribution < -0.4 is 10.2 Å². The second-order valence-corrected chi connectivity index (χ2v) is 6.45. The van der Waals surface area contributed by atoms with Crippen LogP contribution in [0.15, 0.2) is 35.7 Å². The number of benzene rings is 1. The highest BCUT2D eigenvalue weighted by molar-refractivity contribution is 7.10. The van der Waals surface area contributed by atoms with Gasteiger partial charge in [-0.05, 0) is 35.6 Å². The quantitative estimate of drug-likeness (QED) is 0.664. The van der Waals surface area contributed by atoms with Gasteiger partial charge in [-0.1, -0.05) is 6.07 Å². The lowest BCUT2D eigenvalue weighted by Crippen LogP contribution is -2.37. The van der Waals surface area contributed by atoms with Crippen molar-refractivity contribution < 1.29 is 19.1 Å². The smallest absolute Gasteiger partial charge is 0.340 e. The highest BCUT2D eigenvalue weighted by Crippen LogP contribution is 2.26. The number of nitrogens with zero attached hydrogens (tertiary/aromatic N) is 1. The summed E-state index contributed by atoms with van der Waals surface area (Å²) in [5.41, 5.74) is 1.66. The predicted molar refractivity (Wildman–Crippen MR) is 101 cm³/mol. The van der Waals surface area contributed by atoms with Crippen molar-refractivity contribution in [3.8, 4) is 11.8 Å². The van der Waals surface area contributed by atoms with E-state index < -0.39 is 11.9 Å². The van der Waals surface area contributed by atoms with E-state index in [-0.39, 0.29) is 0 Å². The Morgan fingerprint density at radius 1 is 1.27 bits per heavy atom. The fourth-order valence-electron chi connectivity index (χ4n) is 2.60. The molecular weight excluding hydrogens is 352 g/mol. The molecule has 0 atom stereocenters. The van der Waals surface area contributed by atoms with Gasteiger partial charge in [0.25, 0.3) is 0 Å². The predicted octanol–water partition coefficient (Wildman–Crippen LogP) is 2.36. The molecule has 0 saturated carbocycles. The Labute approximate surface area is 155 Å². The third kappa shape index (κ3) is 4.42. The van der Waals surface area contributed by atoms with Crippen molar-refractivity contribution in [2.24, 2.45) is 0 Å². The van der Waals surface area contributed by atoms with Gasteiger partial charge in [-0.15, -0.1) is 11.3 Å². The summed E-state index contributed by atoms with van der Waals surface area (Å²) in [5, 5.41) is 4.59. The van der Waals surface area contributed by atoms with Crippen molar-refractivity contribution in [1.29, 1.82) is 0 Å². The Kier molecular flexibility index (Phi) is 5.89. The van der Waals surface area contributed by atoms with Crippen LogP contribution >= 0.6 is 11.3 Å². The number of hydrogen-bond donors (Lipinski definition) is 1. The molecule has 1 amide bonds. The van der Waals surface area contributed by atoms with Gasteiger partial charge >= 0.3 is 11.9 Å². The molecule has 1 saturated heterocycles. The zero-order chi connectivity index (χ0) is 18.4. The summed E-state index contributed by atoms with van der Waals surface area (Å²) in [5.74, 6) is 4.45. The maximum absolute atomic E-state index is 12.2. The van der Waals surface area contributed by atoms with Crippen LogP contribution in [0, 0.1) is 11.8 Å². The molecule has 1 aromatic carbocycles. The van der Waals surface area contributed by atoms with E-state index in [1.54, 1.807) is 18.2 Å². The van der Waals surface area contributed by atoms with Crippen LogP contribution in [0.2, 0.25) is 0 Å². The molecule has 0 spiro atoms. The molecule has 7 heteroatoms. The van der Waals surface area contributed by atoms with Gasteiger partial charge in [-0.2, -0.15) is 0 Å². The van der Waals surface area contributed by atoms with E-state index in [1.165, 1.54) is 18.4 Å². The van der Waals surface area contributed by atoms with Crippen LogP contribution in [0.1, 0.15) is 15.2 Å². The number of amides is 1. The van der Waals surface area contributed by atoms with Crippen molar-refractivity contribution in [2.75, 3.05) is 43.6 Å². The second kappa shape index (κ2) is 8.52. The van der Waals surface area contributed by atoms with Crippen molar-refractivity contribution in [2.45, 2.75) is 0 Å². The monoisotopic (exact) mass is 370 g/mol. The van der Waals surface area contributed by atoms with Gasteiger partial charge in [0.1, 0.15) is 0 Å². The van der Waals surface area contributed by atoms with Crippen LogP contribution in [-0.2, 0) is 14.3 Å². The summed E-state index contributed by atoms with van der Waals surface area (Å²) in [6.45, 7) is 2.61. The highest BCUT2D eigenvalue weighted by Gasteiger charge is 2.20. The zero-order valence-electron chi connectivity index (χ0n) is 14.3. The lowest BCUT2D eigenvalue weighted by Gasteiger charge is -2.30. The van der Waals surface area contributed by atoms with Crippen molar-refractivity contribution >= 4 is 34.6 Å². The second-order valence-electron chi connectivity index (χ2n) is 5.50. The number of methoxy groups -OCH3 is 1. The number of esters is 1. The van der Waals surface area contributed by atoms with E-state index in [0.29, 0.717) is 37.6 Å². The molecule has 1 aromatic heterocycles. The molecule has 0 bridgehead atoms. The molecule has 3 rings (SSSR count). The Morgan fingerprint density at radius 3 is 2.77 bits per heavy atom. The SMILES string of the molecule is COC(=O)c1cc(NC(=O)C#Cc2cccs2)ccc1N1CCOCC1. The molecule has 6 nitrogen and oxygen atoms in total. The average Bonchev–Trinajstić information content (AvgIpc) is 3.20. The lowest BCUT2D eigenvalue weighted by atomic mass is 10.1. The van der Waals surface area contributed by atoms with E-state index in [1.807, 2.05) is 17.5 Å². The molecule has 26 heavy (non-hydrogen) atoms. The van der Waals surface area contributed by atoms with E-state index in [0.717, 1.165) is 10.6 Å². The summed E-state index contributed by atoms with van der Waals surface area (Å²) in [6, 6.07) is 8.89.